The second-order valence-electron chi connectivity index (χ2n) is 6.59. The molecule has 0 spiro atoms. The van der Waals surface area contributed by atoms with Crippen LogP contribution >= 0.6 is 0 Å². The topological polar surface area (TPSA) is 117 Å². The molecule has 8 nitrogen and oxygen atoms in total. The molecule has 1 heterocycles. The van der Waals surface area contributed by atoms with Crippen LogP contribution in [0.5, 0.6) is 0 Å². The van der Waals surface area contributed by atoms with Crippen molar-refractivity contribution in [2.24, 2.45) is 5.41 Å². The molecule has 1 atom stereocenters. The lowest BCUT2D eigenvalue weighted by atomic mass is 9.71. The van der Waals surface area contributed by atoms with E-state index in [1.807, 2.05) is 0 Å². The van der Waals surface area contributed by atoms with Crippen LogP contribution in [0.4, 0.5) is 0 Å². The zero-order chi connectivity index (χ0) is 21.6. The van der Waals surface area contributed by atoms with Gasteiger partial charge < -0.3 is 10.3 Å². The number of imide groups is 1. The first-order chi connectivity index (χ1) is 13.9. The van der Waals surface area contributed by atoms with Gasteiger partial charge in [-0.05, 0) is 37.8 Å². The van der Waals surface area contributed by atoms with Crippen LogP contribution in [0.1, 0.15) is 49.0 Å². The summed E-state index contributed by atoms with van der Waals surface area (Å²) in [5.74, 6) is -3.32. The summed E-state index contributed by atoms with van der Waals surface area (Å²) >= 11 is 0. The molecule has 1 aliphatic rings. The predicted octanol–water partition coefficient (Wildman–Crippen LogP) is 2.29. The van der Waals surface area contributed by atoms with Gasteiger partial charge in [0.1, 0.15) is 5.41 Å². The number of amides is 2. The van der Waals surface area contributed by atoms with Gasteiger partial charge in [0.2, 0.25) is 5.91 Å². The maximum atomic E-state index is 13.3. The van der Waals surface area contributed by atoms with Crippen molar-refractivity contribution in [1.82, 2.24) is 4.90 Å². The average Bonchev–Trinajstić information content (AvgIpc) is 2.74. The van der Waals surface area contributed by atoms with E-state index in [9.17, 15) is 24.7 Å². The number of ketones is 1. The summed E-state index contributed by atoms with van der Waals surface area (Å²) in [7, 11) is 0. The zero-order valence-corrected chi connectivity index (χ0v) is 16.5. The quantitative estimate of drug-likeness (QED) is 0.175. The maximum absolute atomic E-state index is 13.3. The van der Waals surface area contributed by atoms with Gasteiger partial charge in [0.25, 0.3) is 11.7 Å². The van der Waals surface area contributed by atoms with Crippen molar-refractivity contribution >= 4 is 35.4 Å². The van der Waals surface area contributed by atoms with E-state index < -0.39 is 34.7 Å². The van der Waals surface area contributed by atoms with Gasteiger partial charge in [-0.25, -0.2) is 4.79 Å². The second-order valence-corrected chi connectivity index (χ2v) is 6.59. The Hall–Kier alpha value is -3.38. The Labute approximate surface area is 168 Å². The Morgan fingerprint density at radius 1 is 1.31 bits per heavy atom. The molecular formula is C21H23N3O5. The fraction of sp³-hybridized carbons (Fsp3) is 0.381. The number of nitrogens with zero attached hydrogens (tertiary/aromatic N) is 3. The van der Waals surface area contributed by atoms with Crippen LogP contribution in [0.15, 0.2) is 30.8 Å². The third-order valence-corrected chi connectivity index (χ3v) is 5.12. The first kappa shape index (κ1) is 21.9. The Bertz CT molecular complexity index is 917. The summed E-state index contributed by atoms with van der Waals surface area (Å²) in [5.41, 5.74) is 7.54. The molecule has 29 heavy (non-hydrogen) atoms. The fourth-order valence-electron chi connectivity index (χ4n) is 3.52. The van der Waals surface area contributed by atoms with E-state index in [4.69, 9.17) is 4.74 Å². The zero-order valence-electron chi connectivity index (χ0n) is 16.5. The van der Waals surface area contributed by atoms with E-state index in [0.29, 0.717) is 12.0 Å². The van der Waals surface area contributed by atoms with Crippen molar-refractivity contribution in [1.29, 1.82) is 0 Å². The third kappa shape index (κ3) is 3.93. The molecule has 0 N–H and O–H groups in total. The van der Waals surface area contributed by atoms with Gasteiger partial charge in [-0.15, -0.1) is 0 Å². The highest BCUT2D eigenvalue weighted by Gasteiger charge is 2.55. The maximum Gasteiger partial charge on any atom is 0.442 e. The molecule has 0 saturated carbocycles. The van der Waals surface area contributed by atoms with Crippen molar-refractivity contribution in [3.63, 3.8) is 0 Å². The number of carbonyl (C=O) groups is 4. The SMILES string of the molecule is C=Cc1ccccc1C(=O)N1CCCC(CC)(C(=O)C(=[N+]=[N-])C(=O)OCC)C1=O. The van der Waals surface area contributed by atoms with E-state index in [1.165, 1.54) is 13.0 Å². The van der Waals surface area contributed by atoms with Crippen LogP contribution in [0.25, 0.3) is 11.6 Å². The number of likely N-dealkylation sites (tertiary alicyclic amines) is 1. The van der Waals surface area contributed by atoms with Crippen LogP contribution in [-0.4, -0.2) is 52.1 Å². The van der Waals surface area contributed by atoms with Gasteiger partial charge in [-0.3, -0.25) is 19.3 Å². The molecule has 1 aliphatic heterocycles. The number of carbonyl (C=O) groups excluding carboxylic acids is 4. The van der Waals surface area contributed by atoms with Crippen molar-refractivity contribution in [2.75, 3.05) is 13.2 Å². The van der Waals surface area contributed by atoms with Crippen molar-refractivity contribution in [3.05, 3.63) is 47.5 Å². The van der Waals surface area contributed by atoms with Crippen molar-refractivity contribution < 1.29 is 28.7 Å². The van der Waals surface area contributed by atoms with Gasteiger partial charge in [-0.1, -0.05) is 37.8 Å². The van der Waals surface area contributed by atoms with Gasteiger partial charge in [0.15, 0.2) is 0 Å². The van der Waals surface area contributed by atoms with Crippen molar-refractivity contribution in [3.8, 4) is 0 Å². The number of benzene rings is 1. The van der Waals surface area contributed by atoms with Gasteiger partial charge >= 0.3 is 11.7 Å². The minimum atomic E-state index is -1.68. The molecule has 1 aromatic carbocycles. The summed E-state index contributed by atoms with van der Waals surface area (Å²) in [6, 6.07) is 6.69. The molecule has 1 fully saturated rings. The molecule has 152 valence electrons. The lowest BCUT2D eigenvalue weighted by Gasteiger charge is -2.38. The predicted molar refractivity (Wildman–Crippen MR) is 105 cm³/mol. The first-order valence-electron chi connectivity index (χ1n) is 9.39. The molecule has 0 radical (unpaired) electrons. The van der Waals surface area contributed by atoms with Crippen LogP contribution < -0.4 is 0 Å². The molecule has 2 rings (SSSR count). The number of Topliss-reactive ketones (excluding diaryl/α,β-unsaturated/α-hetero) is 1. The molecule has 0 aliphatic carbocycles. The normalized spacial score (nSPS) is 18.6. The summed E-state index contributed by atoms with van der Waals surface area (Å²) in [6.45, 7) is 6.94. The highest BCUT2D eigenvalue weighted by atomic mass is 16.5. The molecule has 1 unspecified atom stereocenters. The minimum absolute atomic E-state index is 0.0266. The summed E-state index contributed by atoms with van der Waals surface area (Å²) < 4.78 is 4.75. The van der Waals surface area contributed by atoms with Crippen molar-refractivity contribution in [2.45, 2.75) is 33.1 Å². The number of hydrogen-bond acceptors (Lipinski definition) is 5. The number of hydrogen-bond donors (Lipinski definition) is 0. The molecule has 1 aromatic rings. The van der Waals surface area contributed by atoms with Crippen LogP contribution in [0.2, 0.25) is 0 Å². The van der Waals surface area contributed by atoms with E-state index in [2.05, 4.69) is 11.4 Å². The Balaban J connectivity index is 2.45. The van der Waals surface area contributed by atoms with Gasteiger partial charge in [-0.2, -0.15) is 4.79 Å². The molecular weight excluding hydrogens is 374 g/mol. The van der Waals surface area contributed by atoms with E-state index in [0.717, 1.165) is 4.90 Å². The molecule has 2 amide bonds. The van der Waals surface area contributed by atoms with E-state index in [1.54, 1.807) is 31.2 Å². The minimum Gasteiger partial charge on any atom is -0.457 e. The summed E-state index contributed by atoms with van der Waals surface area (Å²) in [5, 5.41) is 0. The number of piperidine rings is 1. The molecule has 0 bridgehead atoms. The lowest BCUT2D eigenvalue weighted by molar-refractivity contribution is -0.152. The largest absolute Gasteiger partial charge is 0.457 e. The van der Waals surface area contributed by atoms with E-state index in [-0.39, 0.29) is 31.6 Å². The number of rotatable bonds is 7. The summed E-state index contributed by atoms with van der Waals surface area (Å²) in [4.78, 5) is 55.3. The monoisotopic (exact) mass is 397 g/mol. The Morgan fingerprint density at radius 3 is 2.59 bits per heavy atom. The lowest BCUT2D eigenvalue weighted by Crippen LogP contribution is -2.57. The third-order valence-electron chi connectivity index (χ3n) is 5.12. The van der Waals surface area contributed by atoms with E-state index >= 15 is 0 Å². The van der Waals surface area contributed by atoms with Crippen LogP contribution in [-0.2, 0) is 19.1 Å². The van der Waals surface area contributed by atoms with Gasteiger partial charge in [0, 0.05) is 12.1 Å². The number of esters is 1. The average molecular weight is 397 g/mol. The Kier molecular flexibility index (Phi) is 6.96. The first-order valence-corrected chi connectivity index (χ1v) is 9.39. The Morgan fingerprint density at radius 2 is 2.00 bits per heavy atom. The van der Waals surface area contributed by atoms with Crippen LogP contribution in [0, 0.1) is 5.41 Å². The van der Waals surface area contributed by atoms with Gasteiger partial charge in [0.05, 0.1) is 6.61 Å². The fourth-order valence-corrected chi connectivity index (χ4v) is 3.52. The standard InChI is InChI=1S/C21H23N3O5/c1-4-14-10-7-8-11-15(14)18(26)24-13-9-12-21(5-2,20(24)28)17(25)16(23-22)19(27)29-6-3/h4,7-8,10-11H,1,5-6,9,12-13H2,2-3H3. The highest BCUT2D eigenvalue weighted by Crippen LogP contribution is 2.37. The molecule has 8 heteroatoms. The smallest absolute Gasteiger partial charge is 0.442 e. The molecule has 0 aromatic heterocycles. The molecule has 1 saturated heterocycles. The van der Waals surface area contributed by atoms with Crippen LogP contribution in [0.3, 0.4) is 0 Å². The summed E-state index contributed by atoms with van der Waals surface area (Å²) in [6.07, 6.45) is 2.05. The second kappa shape index (κ2) is 9.21. The number of ether oxygens (including phenoxy) is 1. The highest BCUT2D eigenvalue weighted by molar-refractivity contribution is 6.64.